The Morgan fingerprint density at radius 2 is 1.63 bits per heavy atom. The van der Waals surface area contributed by atoms with Crippen molar-refractivity contribution in [3.63, 3.8) is 0 Å². The molecule has 0 saturated carbocycles. The van der Waals surface area contributed by atoms with Gasteiger partial charge < -0.3 is 10.2 Å². The fraction of sp³-hybridized carbons (Fsp3) is 0.355. The molecule has 12 heteroatoms. The number of carbonyl (C=O) groups is 2. The molecule has 2 atom stereocenters. The number of hydrogen-bond acceptors (Lipinski definition) is 4. The second-order valence-electron chi connectivity index (χ2n) is 10.5. The molecule has 0 unspecified atom stereocenters. The Kier molecular flexibility index (Phi) is 11.3. The maximum atomic E-state index is 14.1. The van der Waals surface area contributed by atoms with Gasteiger partial charge in [0.2, 0.25) is 21.8 Å². The average molecular weight is 638 g/mol. The summed E-state index contributed by atoms with van der Waals surface area (Å²) in [5.41, 5.74) is 0.749. The zero-order valence-electron chi connectivity index (χ0n) is 24.4. The standard InChI is InChI=1S/C31H35ClF3N3O4S/c1-5-22(3)36-30(40)28(17-23-11-7-6-8-12-23)37(19-24-13-9-10-21(2)16-24)29(39)20-38(43(4,41)42)25-14-15-27(32)26(18-25)31(33,34)35/h6-16,18,22,28H,5,17,19-20H2,1-4H3,(H,36,40)/t22-,28+/m0/s1. The van der Waals surface area contributed by atoms with Crippen LogP contribution in [0.1, 0.15) is 42.5 Å². The third kappa shape index (κ3) is 9.46. The topological polar surface area (TPSA) is 86.8 Å². The fourth-order valence-corrected chi connectivity index (χ4v) is 5.57. The zero-order chi connectivity index (χ0) is 31.9. The molecule has 0 radical (unpaired) electrons. The van der Waals surface area contributed by atoms with E-state index < -0.39 is 51.2 Å². The maximum Gasteiger partial charge on any atom is 0.417 e. The summed E-state index contributed by atoms with van der Waals surface area (Å²) >= 11 is 5.76. The lowest BCUT2D eigenvalue weighted by molar-refractivity contribution is -0.140. The van der Waals surface area contributed by atoms with Crippen molar-refractivity contribution < 1.29 is 31.2 Å². The Balaban J connectivity index is 2.11. The maximum absolute atomic E-state index is 14.1. The monoisotopic (exact) mass is 637 g/mol. The molecule has 0 spiro atoms. The molecule has 0 aliphatic rings. The smallest absolute Gasteiger partial charge is 0.352 e. The number of benzene rings is 3. The predicted octanol–water partition coefficient (Wildman–Crippen LogP) is 5.99. The number of nitrogens with zero attached hydrogens (tertiary/aromatic N) is 2. The van der Waals surface area contributed by atoms with Gasteiger partial charge in [0.15, 0.2) is 0 Å². The van der Waals surface area contributed by atoms with E-state index >= 15 is 0 Å². The quantitative estimate of drug-likeness (QED) is 0.264. The van der Waals surface area contributed by atoms with Crippen LogP contribution in [0.3, 0.4) is 0 Å². The molecule has 7 nitrogen and oxygen atoms in total. The summed E-state index contributed by atoms with van der Waals surface area (Å²) in [7, 11) is -4.25. The van der Waals surface area contributed by atoms with Crippen LogP contribution < -0.4 is 9.62 Å². The second-order valence-corrected chi connectivity index (χ2v) is 12.8. The fourth-order valence-electron chi connectivity index (χ4n) is 4.50. The van der Waals surface area contributed by atoms with Crippen molar-refractivity contribution in [2.24, 2.45) is 0 Å². The molecule has 2 amide bonds. The molecular formula is C31H35ClF3N3O4S. The molecule has 0 aliphatic heterocycles. The van der Waals surface area contributed by atoms with Gasteiger partial charge in [-0.25, -0.2) is 8.42 Å². The summed E-state index contributed by atoms with van der Waals surface area (Å²) in [6, 6.07) is 17.7. The SMILES string of the molecule is CC[C@H](C)NC(=O)[C@@H](Cc1ccccc1)N(Cc1cccc(C)c1)C(=O)CN(c1ccc(Cl)c(C(F)(F)F)c1)S(C)(=O)=O. The van der Waals surface area contributed by atoms with E-state index in [1.165, 1.54) is 4.90 Å². The molecule has 3 aromatic carbocycles. The van der Waals surface area contributed by atoms with Crippen molar-refractivity contribution in [3.8, 4) is 0 Å². The van der Waals surface area contributed by atoms with Crippen molar-refractivity contribution in [1.29, 1.82) is 0 Å². The minimum atomic E-state index is -4.85. The number of carbonyl (C=O) groups excluding carboxylic acids is 2. The highest BCUT2D eigenvalue weighted by molar-refractivity contribution is 7.92. The molecule has 3 rings (SSSR count). The van der Waals surface area contributed by atoms with Crippen LogP contribution in [0.25, 0.3) is 0 Å². The van der Waals surface area contributed by atoms with E-state index in [1.807, 2.05) is 51.1 Å². The molecular weight excluding hydrogens is 603 g/mol. The van der Waals surface area contributed by atoms with Gasteiger partial charge in [-0.05, 0) is 49.6 Å². The Morgan fingerprint density at radius 1 is 0.977 bits per heavy atom. The number of rotatable bonds is 12. The number of sulfonamides is 1. The molecule has 0 saturated heterocycles. The molecule has 0 bridgehead atoms. The predicted molar refractivity (Wildman–Crippen MR) is 162 cm³/mol. The van der Waals surface area contributed by atoms with Crippen LogP contribution in [0.2, 0.25) is 5.02 Å². The summed E-state index contributed by atoms with van der Waals surface area (Å²) in [6.45, 7) is 4.72. The minimum absolute atomic E-state index is 0.0437. The highest BCUT2D eigenvalue weighted by Gasteiger charge is 2.36. The van der Waals surface area contributed by atoms with Gasteiger partial charge in [0.1, 0.15) is 12.6 Å². The first-order chi connectivity index (χ1) is 20.1. The van der Waals surface area contributed by atoms with Gasteiger partial charge in [0, 0.05) is 19.0 Å². The van der Waals surface area contributed by atoms with Gasteiger partial charge in [0.25, 0.3) is 0 Å². The lowest BCUT2D eigenvalue weighted by Gasteiger charge is -2.34. The number of amides is 2. The molecule has 3 aromatic rings. The van der Waals surface area contributed by atoms with Crippen LogP contribution in [0, 0.1) is 6.92 Å². The first-order valence-corrected chi connectivity index (χ1v) is 15.9. The number of aryl methyl sites for hydroxylation is 1. The second kappa shape index (κ2) is 14.3. The Bertz CT molecular complexity index is 1530. The number of nitrogens with one attached hydrogen (secondary N) is 1. The minimum Gasteiger partial charge on any atom is -0.352 e. The van der Waals surface area contributed by atoms with Crippen LogP contribution in [-0.4, -0.2) is 50.0 Å². The number of halogens is 4. The van der Waals surface area contributed by atoms with Gasteiger partial charge >= 0.3 is 6.18 Å². The lowest BCUT2D eigenvalue weighted by atomic mass is 10.0. The van der Waals surface area contributed by atoms with Gasteiger partial charge in [-0.3, -0.25) is 13.9 Å². The van der Waals surface area contributed by atoms with E-state index in [0.717, 1.165) is 29.5 Å². The van der Waals surface area contributed by atoms with Crippen molar-refractivity contribution in [1.82, 2.24) is 10.2 Å². The highest BCUT2D eigenvalue weighted by atomic mass is 35.5. The highest BCUT2D eigenvalue weighted by Crippen LogP contribution is 2.37. The van der Waals surface area contributed by atoms with Crippen LogP contribution in [0.5, 0.6) is 0 Å². The van der Waals surface area contributed by atoms with Gasteiger partial charge in [0.05, 0.1) is 22.5 Å². The number of alkyl halides is 3. The third-order valence-electron chi connectivity index (χ3n) is 6.93. The molecule has 0 fully saturated rings. The van der Waals surface area contributed by atoms with Crippen molar-refractivity contribution in [2.75, 3.05) is 17.1 Å². The van der Waals surface area contributed by atoms with Crippen molar-refractivity contribution in [3.05, 3.63) is 100 Å². The van der Waals surface area contributed by atoms with Crippen LogP contribution in [-0.2, 0) is 38.8 Å². The summed E-state index contributed by atoms with van der Waals surface area (Å²) in [6.07, 6.45) is -3.30. The van der Waals surface area contributed by atoms with E-state index in [4.69, 9.17) is 11.6 Å². The molecule has 232 valence electrons. The summed E-state index contributed by atoms with van der Waals surface area (Å²) in [5.74, 6) is -1.20. The molecule has 0 aromatic heterocycles. The van der Waals surface area contributed by atoms with Crippen LogP contribution in [0.4, 0.5) is 18.9 Å². The molecule has 0 aliphatic carbocycles. The number of hydrogen-bond donors (Lipinski definition) is 1. The first-order valence-electron chi connectivity index (χ1n) is 13.6. The van der Waals surface area contributed by atoms with E-state index in [1.54, 1.807) is 24.3 Å². The molecule has 0 heterocycles. The Labute approximate surface area is 255 Å². The zero-order valence-corrected chi connectivity index (χ0v) is 25.9. The Morgan fingerprint density at radius 3 is 2.21 bits per heavy atom. The Hall–Kier alpha value is -3.57. The van der Waals surface area contributed by atoms with Crippen molar-refractivity contribution >= 4 is 39.1 Å². The summed E-state index contributed by atoms with van der Waals surface area (Å²) in [4.78, 5) is 29.1. The first kappa shape index (κ1) is 33.9. The van der Waals surface area contributed by atoms with E-state index in [-0.39, 0.29) is 24.7 Å². The normalized spacial score (nSPS) is 13.2. The van der Waals surface area contributed by atoms with Crippen molar-refractivity contribution in [2.45, 2.75) is 58.4 Å². The molecule has 43 heavy (non-hydrogen) atoms. The van der Waals surface area contributed by atoms with Gasteiger partial charge in [-0.15, -0.1) is 0 Å². The van der Waals surface area contributed by atoms with E-state index in [2.05, 4.69) is 5.32 Å². The number of anilines is 1. The van der Waals surface area contributed by atoms with Crippen LogP contribution in [0.15, 0.2) is 72.8 Å². The average Bonchev–Trinajstić information content (AvgIpc) is 2.93. The van der Waals surface area contributed by atoms with E-state index in [9.17, 15) is 31.2 Å². The lowest BCUT2D eigenvalue weighted by Crippen LogP contribution is -2.54. The van der Waals surface area contributed by atoms with E-state index in [0.29, 0.717) is 22.4 Å². The van der Waals surface area contributed by atoms with Gasteiger partial charge in [-0.2, -0.15) is 13.2 Å². The van der Waals surface area contributed by atoms with Crippen LogP contribution >= 0.6 is 11.6 Å². The summed E-state index contributed by atoms with van der Waals surface area (Å²) < 4.78 is 67.2. The summed E-state index contributed by atoms with van der Waals surface area (Å²) in [5, 5.41) is 2.31. The molecule has 1 N–H and O–H groups in total. The van der Waals surface area contributed by atoms with Gasteiger partial charge in [-0.1, -0.05) is 78.7 Å². The third-order valence-corrected chi connectivity index (χ3v) is 8.40. The largest absolute Gasteiger partial charge is 0.417 e.